The summed E-state index contributed by atoms with van der Waals surface area (Å²) in [6, 6.07) is 5.40. The number of nitrogens with one attached hydrogen (secondary N) is 4. The van der Waals surface area contributed by atoms with E-state index in [9.17, 15) is 25.2 Å². The van der Waals surface area contributed by atoms with Gasteiger partial charge in [-0.2, -0.15) is 5.10 Å². The van der Waals surface area contributed by atoms with Crippen molar-refractivity contribution in [3.8, 4) is 17.6 Å². The van der Waals surface area contributed by atoms with E-state index in [1.54, 1.807) is 25.3 Å². The number of aliphatic hydroxyl groups is 2. The molecule has 4 aromatic heterocycles. The van der Waals surface area contributed by atoms with E-state index in [-0.39, 0.29) is 28.2 Å². The van der Waals surface area contributed by atoms with Crippen LogP contribution in [0, 0.1) is 5.82 Å². The van der Waals surface area contributed by atoms with E-state index in [1.807, 2.05) is 11.8 Å². The number of hydrogen-bond donors (Lipinski definition) is 8. The lowest BCUT2D eigenvalue weighted by atomic mass is 9.89. The number of fused-ring (bicyclic) bond motifs is 2. The molecule has 3 fully saturated rings. The fourth-order valence-electron chi connectivity index (χ4n) is 8.81. The van der Waals surface area contributed by atoms with Gasteiger partial charge in [-0.15, -0.1) is 0 Å². The first-order chi connectivity index (χ1) is 29.4. The number of methoxy groups -OCH3 is 1. The first-order valence-corrected chi connectivity index (χ1v) is 21.2. The molecule has 18 nitrogen and oxygen atoms in total. The lowest BCUT2D eigenvalue weighted by Gasteiger charge is -2.42. The van der Waals surface area contributed by atoms with Crippen LogP contribution in [0.1, 0.15) is 63.3 Å². The Morgan fingerprint density at radius 3 is 2.39 bits per heavy atom. The number of benzene rings is 1. The van der Waals surface area contributed by atoms with Gasteiger partial charge in [-0.05, 0) is 63.6 Å². The summed E-state index contributed by atoms with van der Waals surface area (Å²) in [4.78, 5) is 26.3. The topological polar surface area (TPSA) is 219 Å². The number of ether oxygens (including phenoxy) is 2. The number of carbonyl (C=O) groups is 1. The number of halogens is 3. The number of hydrogen-bond acceptors (Lipinski definition) is 14. The Hall–Kier alpha value is -4.73. The standard InChI is InChI=1S/C40H50Cl2FN11O7/c1-21(60-2)35-29(20-45-33-18-32(42)50-54(33)35)48-40(59)47-28-15-22(41)19-46-37(28)61-14-9-44-23-3-5-24(6-4-23)51-10-12-52(13-11-51)31-17-26-25(16-27(31)43)38(57)53(39(26)58)30-7-8-34(55)49-36(30)56/h15-21,23-24,30,34,36,44,49,55-58H,3-14H2,1-2H3,(H2,47,48,59)/t21-,23?,24?,30?,34?,36?/m0/s1. The minimum atomic E-state index is -1.20. The van der Waals surface area contributed by atoms with E-state index in [0.717, 1.165) is 38.8 Å². The molecule has 0 spiro atoms. The van der Waals surface area contributed by atoms with Gasteiger partial charge in [-0.3, -0.25) is 14.8 Å². The molecule has 8 rings (SSSR count). The number of carbonyl (C=O) groups excluding carboxylic acids is 1. The van der Waals surface area contributed by atoms with Gasteiger partial charge in [0.2, 0.25) is 17.6 Å². The minimum Gasteiger partial charge on any atom is -0.494 e. The highest BCUT2D eigenvalue weighted by Gasteiger charge is 2.34. The Balaban J connectivity index is 0.799. The number of aromatic nitrogens is 5. The van der Waals surface area contributed by atoms with Crippen LogP contribution in [0.25, 0.3) is 16.4 Å². The summed E-state index contributed by atoms with van der Waals surface area (Å²) in [5.41, 5.74) is 2.07. The quantitative estimate of drug-likeness (QED) is 0.0778. The van der Waals surface area contributed by atoms with E-state index in [4.69, 9.17) is 32.7 Å². The van der Waals surface area contributed by atoms with Crippen LogP contribution in [-0.4, -0.2) is 126 Å². The van der Waals surface area contributed by atoms with Crippen molar-refractivity contribution in [2.75, 3.05) is 62.0 Å². The zero-order valence-electron chi connectivity index (χ0n) is 33.7. The molecule has 0 radical (unpaired) electrons. The van der Waals surface area contributed by atoms with Crippen molar-refractivity contribution in [1.29, 1.82) is 0 Å². The van der Waals surface area contributed by atoms with Crippen molar-refractivity contribution < 1.29 is 39.1 Å². The van der Waals surface area contributed by atoms with Crippen molar-refractivity contribution in [3.63, 3.8) is 0 Å². The summed E-state index contributed by atoms with van der Waals surface area (Å²) in [5, 5.41) is 59.5. The van der Waals surface area contributed by atoms with Gasteiger partial charge in [-0.25, -0.2) is 23.7 Å². The van der Waals surface area contributed by atoms with Gasteiger partial charge in [0.05, 0.1) is 45.8 Å². The average molecular weight is 887 g/mol. The lowest BCUT2D eigenvalue weighted by Crippen LogP contribution is -2.52. The minimum absolute atomic E-state index is 0.161. The second kappa shape index (κ2) is 18.3. The summed E-state index contributed by atoms with van der Waals surface area (Å²) in [6.07, 6.45) is 5.06. The van der Waals surface area contributed by atoms with Gasteiger partial charge in [0, 0.05) is 69.6 Å². The molecule has 8 N–H and O–H groups in total. The molecular formula is C40H50Cl2FN11O7. The number of aliphatic hydroxyl groups excluding tert-OH is 2. The third-order valence-electron chi connectivity index (χ3n) is 12.0. The molecule has 21 heteroatoms. The van der Waals surface area contributed by atoms with Crippen LogP contribution in [0.4, 0.5) is 26.2 Å². The van der Waals surface area contributed by atoms with E-state index in [2.05, 4.69) is 41.2 Å². The second-order valence-electron chi connectivity index (χ2n) is 15.7. The molecule has 61 heavy (non-hydrogen) atoms. The number of urea groups is 1. The number of pyridine rings is 1. The number of amides is 2. The van der Waals surface area contributed by atoms with E-state index < -0.39 is 36.4 Å². The molecule has 1 saturated carbocycles. The fraction of sp³-hybridized carbons (Fsp3) is 0.500. The van der Waals surface area contributed by atoms with Crippen LogP contribution in [0.15, 0.2) is 36.7 Å². The molecule has 3 unspecified atom stereocenters. The second-order valence-corrected chi connectivity index (χ2v) is 16.6. The van der Waals surface area contributed by atoms with Crippen molar-refractivity contribution in [2.45, 2.75) is 82.1 Å². The number of piperidine rings is 1. The Labute approximate surface area is 360 Å². The summed E-state index contributed by atoms with van der Waals surface area (Å²) in [6.45, 7) is 5.41. The molecule has 2 saturated heterocycles. The van der Waals surface area contributed by atoms with Gasteiger partial charge in [0.15, 0.2) is 10.8 Å². The van der Waals surface area contributed by atoms with Crippen LogP contribution in [-0.2, 0) is 4.74 Å². The maximum Gasteiger partial charge on any atom is 0.323 e. The number of rotatable bonds is 12. The summed E-state index contributed by atoms with van der Waals surface area (Å²) in [7, 11) is 1.55. The molecule has 2 amide bonds. The van der Waals surface area contributed by atoms with Gasteiger partial charge in [-0.1, -0.05) is 23.2 Å². The molecule has 2 aliphatic heterocycles. The van der Waals surface area contributed by atoms with E-state index in [1.165, 1.54) is 27.5 Å². The van der Waals surface area contributed by atoms with Crippen LogP contribution in [0.3, 0.4) is 0 Å². The zero-order chi connectivity index (χ0) is 42.9. The fourth-order valence-corrected chi connectivity index (χ4v) is 9.14. The molecule has 4 atom stereocenters. The zero-order valence-corrected chi connectivity index (χ0v) is 35.2. The Bertz CT molecular complexity index is 2370. The van der Waals surface area contributed by atoms with E-state index >= 15 is 4.39 Å². The first-order valence-electron chi connectivity index (χ1n) is 20.4. The van der Waals surface area contributed by atoms with Crippen LogP contribution < -0.4 is 30.9 Å². The Kier molecular flexibility index (Phi) is 12.9. The molecule has 0 bridgehead atoms. The maximum atomic E-state index is 15.6. The lowest BCUT2D eigenvalue weighted by molar-refractivity contribution is -0.0305. The summed E-state index contributed by atoms with van der Waals surface area (Å²) >= 11 is 12.4. The summed E-state index contributed by atoms with van der Waals surface area (Å²) in [5.74, 6) is -0.869. The summed E-state index contributed by atoms with van der Waals surface area (Å²) < 4.78 is 29.8. The molecule has 5 aromatic rings. The largest absolute Gasteiger partial charge is 0.494 e. The monoisotopic (exact) mass is 885 g/mol. The highest BCUT2D eigenvalue weighted by atomic mass is 35.5. The molecule has 1 aliphatic carbocycles. The normalized spacial score (nSPS) is 23.1. The highest BCUT2D eigenvalue weighted by Crippen LogP contribution is 2.44. The first kappa shape index (κ1) is 42.9. The Morgan fingerprint density at radius 1 is 0.951 bits per heavy atom. The van der Waals surface area contributed by atoms with Gasteiger partial charge in [0.25, 0.3) is 0 Å². The van der Waals surface area contributed by atoms with Crippen LogP contribution in [0.2, 0.25) is 10.2 Å². The number of anilines is 3. The maximum absolute atomic E-state index is 15.6. The van der Waals surface area contributed by atoms with Crippen molar-refractivity contribution in [1.82, 2.24) is 39.7 Å². The third kappa shape index (κ3) is 9.10. The van der Waals surface area contributed by atoms with Crippen molar-refractivity contribution >= 4 is 62.7 Å². The van der Waals surface area contributed by atoms with Crippen molar-refractivity contribution in [2.24, 2.45) is 0 Å². The van der Waals surface area contributed by atoms with Crippen LogP contribution in [0.5, 0.6) is 17.6 Å². The Morgan fingerprint density at radius 2 is 1.67 bits per heavy atom. The van der Waals surface area contributed by atoms with Gasteiger partial charge < -0.3 is 50.8 Å². The van der Waals surface area contributed by atoms with Crippen molar-refractivity contribution in [3.05, 3.63) is 58.3 Å². The number of nitrogens with zero attached hydrogens (tertiary/aromatic N) is 7. The molecular weight excluding hydrogens is 836 g/mol. The average Bonchev–Trinajstić information content (AvgIpc) is 3.74. The van der Waals surface area contributed by atoms with Gasteiger partial charge >= 0.3 is 6.03 Å². The molecule has 1 aromatic carbocycles. The molecule has 6 heterocycles. The molecule has 328 valence electrons. The van der Waals surface area contributed by atoms with Gasteiger partial charge in [0.1, 0.15) is 30.6 Å². The van der Waals surface area contributed by atoms with E-state index in [0.29, 0.717) is 90.0 Å². The number of piperazine rings is 1. The SMILES string of the molecule is CO[C@@H](C)c1c(NC(=O)Nc2cc(Cl)cnc2OCCNC2CCC(N3CCN(c4cc5c(O)n(C6CCC(O)NC6O)c(O)c5cc4F)CC3)CC2)cnc2cc(Cl)nn12. The predicted octanol–water partition coefficient (Wildman–Crippen LogP) is 4.95. The smallest absolute Gasteiger partial charge is 0.323 e. The third-order valence-corrected chi connectivity index (χ3v) is 12.4. The molecule has 3 aliphatic rings. The predicted molar refractivity (Wildman–Crippen MR) is 227 cm³/mol. The number of aromatic hydroxyl groups is 2. The highest BCUT2D eigenvalue weighted by molar-refractivity contribution is 6.31. The van der Waals surface area contributed by atoms with Crippen LogP contribution >= 0.6 is 23.2 Å².